The molecule has 124 valence electrons. The number of rotatable bonds is 6. The highest BCUT2D eigenvalue weighted by molar-refractivity contribution is 6.06. The molecule has 0 heterocycles. The van der Waals surface area contributed by atoms with E-state index in [1.54, 1.807) is 0 Å². The van der Waals surface area contributed by atoms with E-state index in [9.17, 15) is 18.4 Å². The van der Waals surface area contributed by atoms with Gasteiger partial charge < -0.3 is 9.47 Å². The molecule has 2 aromatic carbocycles. The van der Waals surface area contributed by atoms with Crippen molar-refractivity contribution >= 4 is 17.8 Å². The van der Waals surface area contributed by atoms with Crippen molar-refractivity contribution < 1.29 is 27.8 Å². The van der Waals surface area contributed by atoms with Gasteiger partial charge in [-0.3, -0.25) is 4.79 Å². The van der Waals surface area contributed by atoms with Gasteiger partial charge in [0.1, 0.15) is 5.75 Å². The van der Waals surface area contributed by atoms with Crippen molar-refractivity contribution in [3.05, 3.63) is 71.3 Å². The van der Waals surface area contributed by atoms with Crippen LogP contribution < -0.4 is 4.74 Å². The van der Waals surface area contributed by atoms with E-state index in [0.29, 0.717) is 11.3 Å². The van der Waals surface area contributed by atoms with Gasteiger partial charge in [0.05, 0.1) is 7.11 Å². The van der Waals surface area contributed by atoms with E-state index in [4.69, 9.17) is 4.74 Å². The van der Waals surface area contributed by atoms with Crippen molar-refractivity contribution in [2.24, 2.45) is 0 Å². The van der Waals surface area contributed by atoms with E-state index >= 15 is 0 Å². The summed E-state index contributed by atoms with van der Waals surface area (Å²) in [4.78, 5) is 23.0. The minimum absolute atomic E-state index is 0.0126. The minimum Gasteiger partial charge on any atom is -0.482 e. The summed E-state index contributed by atoms with van der Waals surface area (Å²) in [7, 11) is 1.25. The standard InChI is InChI=1S/C18H14F2O4/c1-23-17(22)11-24-14-8-5-12(6-9-14)16(21)10-7-13-3-2-4-15(19)18(13)20/h2-10H,11H2,1H3. The quantitative estimate of drug-likeness (QED) is 0.462. The van der Waals surface area contributed by atoms with Crippen molar-refractivity contribution in [2.75, 3.05) is 13.7 Å². The molecule has 0 bridgehead atoms. The molecule has 4 nitrogen and oxygen atoms in total. The van der Waals surface area contributed by atoms with Gasteiger partial charge in [-0.15, -0.1) is 0 Å². The number of ketones is 1. The largest absolute Gasteiger partial charge is 0.482 e. The molecular weight excluding hydrogens is 318 g/mol. The third-order valence-corrected chi connectivity index (χ3v) is 3.12. The lowest BCUT2D eigenvalue weighted by Gasteiger charge is -2.05. The van der Waals surface area contributed by atoms with Crippen LogP contribution in [0.5, 0.6) is 5.75 Å². The molecule has 0 N–H and O–H groups in total. The van der Waals surface area contributed by atoms with Crippen LogP contribution in [0.25, 0.3) is 6.08 Å². The maximum Gasteiger partial charge on any atom is 0.343 e. The van der Waals surface area contributed by atoms with E-state index in [0.717, 1.165) is 12.1 Å². The van der Waals surface area contributed by atoms with Crippen LogP contribution >= 0.6 is 0 Å². The first-order valence-corrected chi connectivity index (χ1v) is 6.97. The summed E-state index contributed by atoms with van der Waals surface area (Å²) >= 11 is 0. The molecule has 0 atom stereocenters. The number of hydrogen-bond acceptors (Lipinski definition) is 4. The van der Waals surface area contributed by atoms with Crippen molar-refractivity contribution in [1.29, 1.82) is 0 Å². The number of methoxy groups -OCH3 is 1. The first-order valence-electron chi connectivity index (χ1n) is 6.97. The maximum absolute atomic E-state index is 13.5. The maximum atomic E-state index is 13.5. The van der Waals surface area contributed by atoms with Crippen LogP contribution in [-0.4, -0.2) is 25.5 Å². The Bertz CT molecular complexity index is 767. The number of carbonyl (C=O) groups excluding carboxylic acids is 2. The molecule has 0 aliphatic carbocycles. The zero-order valence-corrected chi connectivity index (χ0v) is 12.8. The lowest BCUT2D eigenvalue weighted by atomic mass is 10.1. The molecule has 0 amide bonds. The summed E-state index contributed by atoms with van der Waals surface area (Å²) in [5.41, 5.74) is 0.329. The van der Waals surface area contributed by atoms with Crippen LogP contribution in [0.2, 0.25) is 0 Å². The summed E-state index contributed by atoms with van der Waals surface area (Å²) < 4.78 is 36.2. The fourth-order valence-electron chi connectivity index (χ4n) is 1.83. The Morgan fingerprint density at radius 1 is 1.08 bits per heavy atom. The van der Waals surface area contributed by atoms with Crippen LogP contribution in [0.3, 0.4) is 0 Å². The molecule has 24 heavy (non-hydrogen) atoms. The van der Waals surface area contributed by atoms with Gasteiger partial charge >= 0.3 is 5.97 Å². The zero-order valence-electron chi connectivity index (χ0n) is 12.8. The lowest BCUT2D eigenvalue weighted by Crippen LogP contribution is -2.12. The van der Waals surface area contributed by atoms with Crippen molar-refractivity contribution in [1.82, 2.24) is 0 Å². The normalized spacial score (nSPS) is 10.6. The topological polar surface area (TPSA) is 52.6 Å². The smallest absolute Gasteiger partial charge is 0.343 e. The lowest BCUT2D eigenvalue weighted by molar-refractivity contribution is -0.142. The minimum atomic E-state index is -1.01. The highest BCUT2D eigenvalue weighted by Crippen LogP contribution is 2.15. The van der Waals surface area contributed by atoms with Gasteiger partial charge in [0.2, 0.25) is 0 Å². The Labute approximate surface area is 137 Å². The predicted octanol–water partition coefficient (Wildman–Crippen LogP) is 3.41. The second-order valence-electron chi connectivity index (χ2n) is 4.73. The van der Waals surface area contributed by atoms with Crippen LogP contribution in [-0.2, 0) is 9.53 Å². The first-order chi connectivity index (χ1) is 11.5. The number of ether oxygens (including phenoxy) is 2. The molecule has 2 aromatic rings. The van der Waals surface area contributed by atoms with Crippen LogP contribution in [0.4, 0.5) is 8.78 Å². The highest BCUT2D eigenvalue weighted by atomic mass is 19.2. The average Bonchev–Trinajstić information content (AvgIpc) is 2.61. The second kappa shape index (κ2) is 8.01. The summed E-state index contributed by atoms with van der Waals surface area (Å²) in [5, 5.41) is 0. The average molecular weight is 332 g/mol. The Hall–Kier alpha value is -3.02. The molecule has 0 aliphatic heterocycles. The van der Waals surface area contributed by atoms with E-state index in [1.807, 2.05) is 0 Å². The van der Waals surface area contributed by atoms with E-state index < -0.39 is 17.6 Å². The third-order valence-electron chi connectivity index (χ3n) is 3.12. The van der Waals surface area contributed by atoms with Gasteiger partial charge in [-0.1, -0.05) is 12.1 Å². The van der Waals surface area contributed by atoms with Gasteiger partial charge in [0.25, 0.3) is 0 Å². The SMILES string of the molecule is COC(=O)COc1ccc(C(=O)C=Cc2cccc(F)c2F)cc1. The first kappa shape index (κ1) is 17.3. The number of hydrogen-bond donors (Lipinski definition) is 0. The van der Waals surface area contributed by atoms with E-state index in [-0.39, 0.29) is 18.0 Å². The predicted molar refractivity (Wildman–Crippen MR) is 83.7 cm³/mol. The monoisotopic (exact) mass is 332 g/mol. The number of carbonyl (C=O) groups is 2. The number of halogens is 2. The van der Waals surface area contributed by atoms with Crippen LogP contribution in [0.1, 0.15) is 15.9 Å². The van der Waals surface area contributed by atoms with Crippen LogP contribution in [0.15, 0.2) is 48.5 Å². The molecule has 0 fully saturated rings. The zero-order chi connectivity index (χ0) is 17.5. The fourth-order valence-corrected chi connectivity index (χ4v) is 1.83. The van der Waals surface area contributed by atoms with Gasteiger partial charge in [0.15, 0.2) is 24.0 Å². The highest BCUT2D eigenvalue weighted by Gasteiger charge is 2.07. The van der Waals surface area contributed by atoms with E-state index in [2.05, 4.69) is 4.74 Å². The van der Waals surface area contributed by atoms with Gasteiger partial charge in [-0.05, 0) is 42.5 Å². The molecule has 0 unspecified atom stereocenters. The number of benzene rings is 2. The Morgan fingerprint density at radius 2 is 1.79 bits per heavy atom. The molecule has 0 spiro atoms. The summed E-state index contributed by atoms with van der Waals surface area (Å²) in [6, 6.07) is 9.77. The fraction of sp³-hybridized carbons (Fsp3) is 0.111. The Kier molecular flexibility index (Phi) is 5.78. The summed E-state index contributed by atoms with van der Waals surface area (Å²) in [5.74, 6) is -2.48. The van der Waals surface area contributed by atoms with E-state index in [1.165, 1.54) is 49.6 Å². The molecule has 0 radical (unpaired) electrons. The van der Waals surface area contributed by atoms with Gasteiger partial charge in [-0.25, -0.2) is 13.6 Å². The van der Waals surface area contributed by atoms with Crippen molar-refractivity contribution in [3.63, 3.8) is 0 Å². The molecule has 0 saturated heterocycles. The Morgan fingerprint density at radius 3 is 2.46 bits per heavy atom. The van der Waals surface area contributed by atoms with Crippen molar-refractivity contribution in [3.8, 4) is 5.75 Å². The molecule has 6 heteroatoms. The second-order valence-corrected chi connectivity index (χ2v) is 4.73. The van der Waals surface area contributed by atoms with Crippen LogP contribution in [0, 0.1) is 11.6 Å². The molecule has 0 saturated carbocycles. The molecule has 0 aliphatic rings. The third kappa shape index (κ3) is 4.49. The van der Waals surface area contributed by atoms with Crippen molar-refractivity contribution in [2.45, 2.75) is 0 Å². The number of esters is 1. The Balaban J connectivity index is 2.03. The molecule has 2 rings (SSSR count). The molecular formula is C18H14F2O4. The van der Waals surface area contributed by atoms with Gasteiger partial charge in [-0.2, -0.15) is 0 Å². The number of allylic oxidation sites excluding steroid dienone is 1. The molecule has 0 aromatic heterocycles. The summed E-state index contributed by atoms with van der Waals surface area (Å²) in [6.45, 7) is -0.234. The van der Waals surface area contributed by atoms with Gasteiger partial charge in [0, 0.05) is 11.1 Å². The summed E-state index contributed by atoms with van der Waals surface area (Å²) in [6.07, 6.45) is 2.37.